The summed E-state index contributed by atoms with van der Waals surface area (Å²) in [6.45, 7) is 4.15. The number of hydrogen-bond acceptors (Lipinski definition) is 7. The van der Waals surface area contributed by atoms with Gasteiger partial charge in [-0.05, 0) is 68.0 Å². The third kappa shape index (κ3) is 5.67. The highest BCUT2D eigenvalue weighted by atomic mass is 32.2. The van der Waals surface area contributed by atoms with Crippen LogP contribution in [0.3, 0.4) is 0 Å². The number of rotatable bonds is 11. The third-order valence-corrected chi connectivity index (χ3v) is 10.0. The molecular weight excluding hydrogens is 554 g/mol. The van der Waals surface area contributed by atoms with Gasteiger partial charge in [0.2, 0.25) is 10.0 Å². The van der Waals surface area contributed by atoms with Crippen LogP contribution in [-0.4, -0.2) is 59.9 Å². The molecule has 1 aliphatic carbocycles. The maximum absolute atomic E-state index is 13.7. The van der Waals surface area contributed by atoms with Gasteiger partial charge in [-0.1, -0.05) is 38.3 Å². The van der Waals surface area contributed by atoms with Crippen LogP contribution in [0.15, 0.2) is 46.1 Å². The summed E-state index contributed by atoms with van der Waals surface area (Å²) in [6, 6.07) is 10.7. The Hall–Kier alpha value is -3.70. The lowest BCUT2D eigenvalue weighted by Gasteiger charge is -2.19. The molecule has 2 heterocycles. The molecule has 2 aromatic carbocycles. The Morgan fingerprint density at radius 2 is 1.76 bits per heavy atom. The number of nitrogens with zero attached hydrogens (tertiary/aromatic N) is 4. The summed E-state index contributed by atoms with van der Waals surface area (Å²) in [5.74, 6) is 2.46. The molecule has 1 saturated carbocycles. The quantitative estimate of drug-likeness (QED) is 0.263. The van der Waals surface area contributed by atoms with Gasteiger partial charge in [0.05, 0.1) is 24.8 Å². The molecule has 0 spiro atoms. The number of aryl methyl sites for hydroxylation is 2. The molecule has 0 radical (unpaired) electrons. The predicted molar refractivity (Wildman–Crippen MR) is 162 cm³/mol. The average molecular weight is 594 g/mol. The minimum absolute atomic E-state index is 0.149. The SMILES string of the molecule is CCCc1ccc(S(=O)(=O)N(C)CCc2ccc(OC)c(OC)c2)cc1-c1nc2c(C3CCCC3)nc(C)n2c(=O)[nH]1. The Morgan fingerprint density at radius 1 is 1.02 bits per heavy atom. The van der Waals surface area contributed by atoms with Crippen molar-refractivity contribution in [2.24, 2.45) is 0 Å². The van der Waals surface area contributed by atoms with Gasteiger partial charge in [-0.25, -0.2) is 31.9 Å². The van der Waals surface area contributed by atoms with E-state index in [1.54, 1.807) is 33.4 Å². The van der Waals surface area contributed by atoms with Crippen molar-refractivity contribution >= 4 is 15.7 Å². The van der Waals surface area contributed by atoms with Gasteiger partial charge in [-0.2, -0.15) is 0 Å². The molecule has 224 valence electrons. The second kappa shape index (κ2) is 12.3. The van der Waals surface area contributed by atoms with Gasteiger partial charge in [-0.15, -0.1) is 0 Å². The van der Waals surface area contributed by atoms with E-state index in [1.165, 1.54) is 8.71 Å². The molecule has 1 N–H and O–H groups in total. The number of methoxy groups -OCH3 is 2. The first-order valence-electron chi connectivity index (χ1n) is 14.5. The van der Waals surface area contributed by atoms with E-state index < -0.39 is 10.0 Å². The lowest BCUT2D eigenvalue weighted by Crippen LogP contribution is -2.29. The van der Waals surface area contributed by atoms with E-state index >= 15 is 0 Å². The fourth-order valence-corrected chi connectivity index (χ4v) is 7.03. The lowest BCUT2D eigenvalue weighted by atomic mass is 10.0. The maximum atomic E-state index is 13.7. The molecule has 5 rings (SSSR count). The number of ether oxygens (including phenoxy) is 2. The number of fused-ring (bicyclic) bond motifs is 1. The second-order valence-electron chi connectivity index (χ2n) is 10.9. The van der Waals surface area contributed by atoms with Crippen LogP contribution in [-0.2, 0) is 22.9 Å². The highest BCUT2D eigenvalue weighted by Gasteiger charge is 2.26. The van der Waals surface area contributed by atoms with Gasteiger partial charge in [0, 0.05) is 25.1 Å². The molecule has 1 fully saturated rings. The number of aromatic nitrogens is 4. The summed E-state index contributed by atoms with van der Waals surface area (Å²) >= 11 is 0. The first kappa shape index (κ1) is 29.8. The van der Waals surface area contributed by atoms with Crippen LogP contribution in [0.5, 0.6) is 11.5 Å². The number of imidazole rings is 1. The van der Waals surface area contributed by atoms with Gasteiger partial charge in [-0.3, -0.25) is 4.98 Å². The molecular formula is C31H39N5O5S. The van der Waals surface area contributed by atoms with Crippen molar-refractivity contribution in [2.45, 2.75) is 69.6 Å². The Morgan fingerprint density at radius 3 is 2.45 bits per heavy atom. The molecule has 0 bridgehead atoms. The molecule has 11 heteroatoms. The van der Waals surface area contributed by atoms with Gasteiger partial charge < -0.3 is 9.47 Å². The van der Waals surface area contributed by atoms with Crippen LogP contribution in [0.2, 0.25) is 0 Å². The van der Waals surface area contributed by atoms with Crippen LogP contribution in [0.25, 0.3) is 17.0 Å². The number of nitrogens with one attached hydrogen (secondary N) is 1. The van der Waals surface area contributed by atoms with E-state index in [0.29, 0.717) is 47.2 Å². The lowest BCUT2D eigenvalue weighted by molar-refractivity contribution is 0.354. The molecule has 10 nitrogen and oxygen atoms in total. The van der Waals surface area contributed by atoms with Crippen molar-refractivity contribution in [3.63, 3.8) is 0 Å². The predicted octanol–water partition coefficient (Wildman–Crippen LogP) is 4.88. The topological polar surface area (TPSA) is 119 Å². The van der Waals surface area contributed by atoms with Gasteiger partial charge in [0.25, 0.3) is 0 Å². The van der Waals surface area contributed by atoms with Crippen LogP contribution in [0.1, 0.15) is 67.6 Å². The number of likely N-dealkylation sites (N-methyl/N-ethyl adjacent to an activating group) is 1. The number of benzene rings is 2. The Bertz CT molecular complexity index is 1760. The number of sulfonamides is 1. The summed E-state index contributed by atoms with van der Waals surface area (Å²) in [5, 5.41) is 0. The van der Waals surface area contributed by atoms with Crippen LogP contribution >= 0.6 is 0 Å². The Kier molecular flexibility index (Phi) is 8.70. The van der Waals surface area contributed by atoms with E-state index in [2.05, 4.69) is 11.9 Å². The summed E-state index contributed by atoms with van der Waals surface area (Å²) in [5.41, 5.74) is 3.55. The number of aromatic amines is 1. The zero-order chi connectivity index (χ0) is 30.0. The maximum Gasteiger partial charge on any atom is 0.334 e. The molecule has 4 aromatic rings. The standard InChI is InChI=1S/C31H39N5O5S/c1-6-9-22-13-14-24(42(38,39)35(3)17-16-21-12-15-26(40-4)27(18-21)41-5)19-25(22)29-33-30-28(23-10-7-8-11-23)32-20(2)36(30)31(37)34-29/h12-15,18-19,23H,6-11,16-17H2,1-5H3,(H,33,34,37). The first-order valence-corrected chi connectivity index (χ1v) is 15.9. The highest BCUT2D eigenvalue weighted by Crippen LogP contribution is 2.36. The third-order valence-electron chi connectivity index (χ3n) is 8.16. The highest BCUT2D eigenvalue weighted by molar-refractivity contribution is 7.89. The van der Waals surface area contributed by atoms with Crippen molar-refractivity contribution in [3.05, 3.63) is 69.5 Å². The monoisotopic (exact) mass is 593 g/mol. The number of hydrogen-bond donors (Lipinski definition) is 1. The van der Waals surface area contributed by atoms with Crippen molar-refractivity contribution < 1.29 is 17.9 Å². The van der Waals surface area contributed by atoms with E-state index in [9.17, 15) is 13.2 Å². The Balaban J connectivity index is 1.49. The fourth-order valence-electron chi connectivity index (χ4n) is 5.83. The molecule has 0 amide bonds. The van der Waals surface area contributed by atoms with E-state index in [-0.39, 0.29) is 23.0 Å². The smallest absolute Gasteiger partial charge is 0.334 e. The second-order valence-corrected chi connectivity index (χ2v) is 13.0. The van der Waals surface area contributed by atoms with E-state index in [0.717, 1.165) is 48.9 Å². The van der Waals surface area contributed by atoms with Crippen LogP contribution < -0.4 is 15.2 Å². The van der Waals surface area contributed by atoms with Crippen molar-refractivity contribution in [1.82, 2.24) is 23.7 Å². The van der Waals surface area contributed by atoms with Crippen LogP contribution in [0.4, 0.5) is 0 Å². The van der Waals surface area contributed by atoms with Gasteiger partial charge in [0.1, 0.15) is 11.6 Å². The van der Waals surface area contributed by atoms with E-state index in [4.69, 9.17) is 19.4 Å². The molecule has 42 heavy (non-hydrogen) atoms. The van der Waals surface area contributed by atoms with E-state index in [1.807, 2.05) is 31.2 Å². The molecule has 0 saturated heterocycles. The van der Waals surface area contributed by atoms with Gasteiger partial charge in [0.15, 0.2) is 17.1 Å². The summed E-state index contributed by atoms with van der Waals surface area (Å²) in [4.78, 5) is 26.0. The largest absolute Gasteiger partial charge is 0.493 e. The van der Waals surface area contributed by atoms with Crippen molar-refractivity contribution in [2.75, 3.05) is 27.8 Å². The zero-order valence-corrected chi connectivity index (χ0v) is 25.8. The molecule has 1 aliphatic rings. The van der Waals surface area contributed by atoms with Crippen molar-refractivity contribution in [1.29, 1.82) is 0 Å². The fraction of sp³-hybridized carbons (Fsp3) is 0.452. The summed E-state index contributed by atoms with van der Waals surface area (Å²) in [6.07, 6.45) is 6.40. The molecule has 2 aromatic heterocycles. The first-order chi connectivity index (χ1) is 20.2. The summed E-state index contributed by atoms with van der Waals surface area (Å²) < 4.78 is 41.0. The van der Waals surface area contributed by atoms with Gasteiger partial charge >= 0.3 is 5.69 Å². The zero-order valence-electron chi connectivity index (χ0n) is 24.9. The normalized spacial score (nSPS) is 14.2. The molecule has 0 aliphatic heterocycles. The molecule has 0 unspecified atom stereocenters. The molecule has 0 atom stereocenters. The van der Waals surface area contributed by atoms with Crippen molar-refractivity contribution in [3.8, 4) is 22.9 Å². The minimum atomic E-state index is -3.83. The number of H-pyrrole nitrogens is 1. The van der Waals surface area contributed by atoms with Crippen LogP contribution in [0, 0.1) is 6.92 Å². The Labute approximate surface area is 246 Å². The average Bonchev–Trinajstić information content (AvgIpc) is 3.64. The summed E-state index contributed by atoms with van der Waals surface area (Å²) in [7, 11) is 0.891. The minimum Gasteiger partial charge on any atom is -0.493 e.